The summed E-state index contributed by atoms with van der Waals surface area (Å²) in [5.74, 6) is -0.350. The van der Waals surface area contributed by atoms with Gasteiger partial charge in [-0.2, -0.15) is 0 Å². The Morgan fingerprint density at radius 2 is 2.38 bits per heavy atom. The standard InChI is InChI=1S/C10H12FNO/c1-2-6-12-10(13)8-4-3-5-9(11)7-8/h2-5,7,10,12-13H,1,6H2. The molecule has 0 aromatic heterocycles. The van der Waals surface area contributed by atoms with Crippen molar-refractivity contribution in [1.29, 1.82) is 0 Å². The van der Waals surface area contributed by atoms with Crippen LogP contribution in [0.5, 0.6) is 0 Å². The minimum Gasteiger partial charge on any atom is -0.374 e. The van der Waals surface area contributed by atoms with Crippen molar-refractivity contribution in [1.82, 2.24) is 5.32 Å². The van der Waals surface area contributed by atoms with Gasteiger partial charge in [-0.1, -0.05) is 18.2 Å². The van der Waals surface area contributed by atoms with Crippen LogP contribution >= 0.6 is 0 Å². The third-order valence-electron chi connectivity index (χ3n) is 1.62. The Morgan fingerprint density at radius 1 is 1.62 bits per heavy atom. The first-order valence-corrected chi connectivity index (χ1v) is 4.02. The van der Waals surface area contributed by atoms with Crippen LogP contribution in [0.2, 0.25) is 0 Å². The predicted molar refractivity (Wildman–Crippen MR) is 49.6 cm³/mol. The monoisotopic (exact) mass is 181 g/mol. The number of aliphatic hydroxyl groups excluding tert-OH is 1. The molecule has 0 saturated carbocycles. The lowest BCUT2D eigenvalue weighted by Gasteiger charge is -2.11. The molecule has 1 atom stereocenters. The molecule has 0 spiro atoms. The summed E-state index contributed by atoms with van der Waals surface area (Å²) in [5.41, 5.74) is 0.516. The SMILES string of the molecule is C=CCNC(O)c1cccc(F)c1. The maximum Gasteiger partial charge on any atom is 0.131 e. The second-order valence-corrected chi connectivity index (χ2v) is 2.65. The van der Waals surface area contributed by atoms with Gasteiger partial charge >= 0.3 is 0 Å². The topological polar surface area (TPSA) is 32.3 Å². The molecule has 1 unspecified atom stereocenters. The third-order valence-corrected chi connectivity index (χ3v) is 1.62. The summed E-state index contributed by atoms with van der Waals surface area (Å²) in [6.07, 6.45) is 0.788. The van der Waals surface area contributed by atoms with Crippen LogP contribution in [0.3, 0.4) is 0 Å². The molecule has 0 amide bonds. The maximum atomic E-state index is 12.7. The number of aliphatic hydroxyl groups is 1. The van der Waals surface area contributed by atoms with E-state index < -0.39 is 6.23 Å². The zero-order valence-corrected chi connectivity index (χ0v) is 7.20. The molecule has 0 bridgehead atoms. The molecule has 0 radical (unpaired) electrons. The van der Waals surface area contributed by atoms with Gasteiger partial charge in [-0.05, 0) is 17.7 Å². The molecule has 2 nitrogen and oxygen atoms in total. The van der Waals surface area contributed by atoms with Crippen molar-refractivity contribution < 1.29 is 9.50 Å². The van der Waals surface area contributed by atoms with Crippen molar-refractivity contribution in [3.05, 3.63) is 48.3 Å². The van der Waals surface area contributed by atoms with E-state index in [9.17, 15) is 9.50 Å². The molecule has 13 heavy (non-hydrogen) atoms. The van der Waals surface area contributed by atoms with Crippen molar-refractivity contribution in [2.75, 3.05) is 6.54 Å². The van der Waals surface area contributed by atoms with Gasteiger partial charge in [0.25, 0.3) is 0 Å². The van der Waals surface area contributed by atoms with E-state index in [1.54, 1.807) is 18.2 Å². The van der Waals surface area contributed by atoms with Crippen LogP contribution in [0, 0.1) is 5.82 Å². The van der Waals surface area contributed by atoms with Gasteiger partial charge in [0.2, 0.25) is 0 Å². The van der Waals surface area contributed by atoms with Gasteiger partial charge in [0.1, 0.15) is 12.0 Å². The first-order valence-electron chi connectivity index (χ1n) is 4.02. The average Bonchev–Trinajstić information content (AvgIpc) is 2.14. The molecule has 0 aliphatic heterocycles. The Bertz CT molecular complexity index is 288. The van der Waals surface area contributed by atoms with Gasteiger partial charge in [-0.25, -0.2) is 4.39 Å². The van der Waals surface area contributed by atoms with E-state index in [0.29, 0.717) is 12.1 Å². The van der Waals surface area contributed by atoms with Gasteiger partial charge in [-0.15, -0.1) is 6.58 Å². The fourth-order valence-electron chi connectivity index (χ4n) is 0.989. The first-order chi connectivity index (χ1) is 6.24. The number of hydrogen-bond acceptors (Lipinski definition) is 2. The maximum absolute atomic E-state index is 12.7. The van der Waals surface area contributed by atoms with E-state index in [1.807, 2.05) is 0 Å². The molecule has 1 aromatic rings. The molecule has 0 fully saturated rings. The second kappa shape index (κ2) is 4.74. The van der Waals surface area contributed by atoms with E-state index in [1.165, 1.54) is 12.1 Å². The van der Waals surface area contributed by atoms with Gasteiger partial charge in [-0.3, -0.25) is 5.32 Å². The highest BCUT2D eigenvalue weighted by Gasteiger charge is 2.05. The minimum atomic E-state index is -0.839. The molecule has 1 aromatic carbocycles. The lowest BCUT2D eigenvalue weighted by molar-refractivity contribution is 0.143. The Kier molecular flexibility index (Phi) is 3.61. The van der Waals surface area contributed by atoms with Crippen LogP contribution in [0.4, 0.5) is 4.39 Å². The average molecular weight is 181 g/mol. The summed E-state index contributed by atoms with van der Waals surface area (Å²) in [5, 5.41) is 12.2. The molecule has 2 N–H and O–H groups in total. The van der Waals surface area contributed by atoms with E-state index in [-0.39, 0.29) is 5.82 Å². The van der Waals surface area contributed by atoms with E-state index in [4.69, 9.17) is 0 Å². The van der Waals surface area contributed by atoms with Crippen molar-refractivity contribution in [3.63, 3.8) is 0 Å². The number of rotatable bonds is 4. The summed E-state index contributed by atoms with van der Waals surface area (Å²) in [6.45, 7) is 3.98. The largest absolute Gasteiger partial charge is 0.374 e. The first kappa shape index (κ1) is 9.89. The fraction of sp³-hybridized carbons (Fsp3) is 0.200. The molecule has 1 rings (SSSR count). The van der Waals surface area contributed by atoms with Crippen LogP contribution in [0.25, 0.3) is 0 Å². The highest BCUT2D eigenvalue weighted by atomic mass is 19.1. The molecular formula is C10H12FNO. The van der Waals surface area contributed by atoms with Crippen molar-refractivity contribution in [2.45, 2.75) is 6.23 Å². The summed E-state index contributed by atoms with van der Waals surface area (Å²) >= 11 is 0. The summed E-state index contributed by atoms with van der Waals surface area (Å²) in [6, 6.07) is 5.85. The van der Waals surface area contributed by atoms with Gasteiger partial charge in [0, 0.05) is 6.54 Å². The van der Waals surface area contributed by atoms with E-state index in [2.05, 4.69) is 11.9 Å². The highest BCUT2D eigenvalue weighted by molar-refractivity contribution is 5.18. The number of benzene rings is 1. The minimum absolute atomic E-state index is 0.350. The lowest BCUT2D eigenvalue weighted by atomic mass is 10.2. The molecule has 0 saturated heterocycles. The molecule has 0 aliphatic rings. The molecule has 0 aliphatic carbocycles. The smallest absolute Gasteiger partial charge is 0.131 e. The van der Waals surface area contributed by atoms with Crippen LogP contribution < -0.4 is 5.32 Å². The molecular weight excluding hydrogens is 169 g/mol. The quantitative estimate of drug-likeness (QED) is 0.546. The van der Waals surface area contributed by atoms with Gasteiger partial charge in [0.05, 0.1) is 0 Å². The van der Waals surface area contributed by atoms with Crippen LogP contribution in [-0.4, -0.2) is 11.7 Å². The van der Waals surface area contributed by atoms with Crippen molar-refractivity contribution in [2.24, 2.45) is 0 Å². The second-order valence-electron chi connectivity index (χ2n) is 2.65. The van der Waals surface area contributed by atoms with Gasteiger partial charge in [0.15, 0.2) is 0 Å². The van der Waals surface area contributed by atoms with Crippen molar-refractivity contribution in [3.8, 4) is 0 Å². The van der Waals surface area contributed by atoms with E-state index in [0.717, 1.165) is 0 Å². The summed E-state index contributed by atoms with van der Waals surface area (Å²) in [4.78, 5) is 0. The summed E-state index contributed by atoms with van der Waals surface area (Å²) < 4.78 is 12.7. The number of halogens is 1. The number of nitrogens with one attached hydrogen (secondary N) is 1. The van der Waals surface area contributed by atoms with Crippen molar-refractivity contribution >= 4 is 0 Å². The van der Waals surface area contributed by atoms with Crippen LogP contribution in [0.15, 0.2) is 36.9 Å². The predicted octanol–water partition coefficient (Wildman–Crippen LogP) is 1.59. The van der Waals surface area contributed by atoms with Crippen LogP contribution in [-0.2, 0) is 0 Å². The number of hydrogen-bond donors (Lipinski definition) is 2. The molecule has 70 valence electrons. The zero-order chi connectivity index (χ0) is 9.68. The van der Waals surface area contributed by atoms with Crippen LogP contribution in [0.1, 0.15) is 11.8 Å². The Balaban J connectivity index is 2.65. The van der Waals surface area contributed by atoms with E-state index >= 15 is 0 Å². The normalized spacial score (nSPS) is 12.5. The fourth-order valence-corrected chi connectivity index (χ4v) is 0.989. The molecule has 0 heterocycles. The highest BCUT2D eigenvalue weighted by Crippen LogP contribution is 2.10. The summed E-state index contributed by atoms with van der Waals surface area (Å²) in [7, 11) is 0. The third kappa shape index (κ3) is 2.97. The Morgan fingerprint density at radius 3 is 3.00 bits per heavy atom. The lowest BCUT2D eigenvalue weighted by Crippen LogP contribution is -2.20. The Hall–Kier alpha value is -1.19. The molecule has 3 heteroatoms. The Labute approximate surface area is 76.7 Å². The van der Waals surface area contributed by atoms with Gasteiger partial charge < -0.3 is 5.11 Å². The zero-order valence-electron chi connectivity index (χ0n) is 7.20.